The highest BCUT2D eigenvalue weighted by Crippen LogP contribution is 2.22. The number of hydrogen-bond acceptors (Lipinski definition) is 4. The van der Waals surface area contributed by atoms with E-state index in [1.54, 1.807) is 13.0 Å². The molecular formula is C13H18FNO2S. The molecule has 100 valence electrons. The second kappa shape index (κ2) is 8.11. The van der Waals surface area contributed by atoms with Gasteiger partial charge in [-0.25, -0.2) is 4.39 Å². The average molecular weight is 271 g/mol. The molecular weight excluding hydrogens is 253 g/mol. The molecule has 0 spiro atoms. The number of nitrogens with one attached hydrogen (secondary N) is 1. The maximum Gasteiger partial charge on any atom is 0.316 e. The van der Waals surface area contributed by atoms with E-state index in [-0.39, 0.29) is 17.5 Å². The van der Waals surface area contributed by atoms with Gasteiger partial charge in [0.2, 0.25) is 0 Å². The molecule has 0 bridgehead atoms. The van der Waals surface area contributed by atoms with Gasteiger partial charge >= 0.3 is 5.97 Å². The number of halogens is 1. The van der Waals surface area contributed by atoms with Gasteiger partial charge < -0.3 is 10.1 Å². The summed E-state index contributed by atoms with van der Waals surface area (Å²) in [6, 6.07) is 5.06. The van der Waals surface area contributed by atoms with Crippen molar-refractivity contribution in [3.05, 3.63) is 29.6 Å². The SMILES string of the molecule is CCNCc1ccc(SCC(=O)OCC)c(F)c1. The van der Waals surface area contributed by atoms with Crippen molar-refractivity contribution in [1.29, 1.82) is 0 Å². The van der Waals surface area contributed by atoms with Crippen molar-refractivity contribution >= 4 is 17.7 Å². The molecule has 0 amide bonds. The van der Waals surface area contributed by atoms with Crippen LogP contribution in [0.25, 0.3) is 0 Å². The van der Waals surface area contributed by atoms with E-state index in [0.29, 0.717) is 18.0 Å². The molecule has 18 heavy (non-hydrogen) atoms. The number of thioether (sulfide) groups is 1. The summed E-state index contributed by atoms with van der Waals surface area (Å²) in [5.74, 6) is -0.476. The van der Waals surface area contributed by atoms with Crippen LogP contribution in [0.2, 0.25) is 0 Å². The Labute approximate surface area is 111 Å². The summed E-state index contributed by atoms with van der Waals surface area (Å²) in [6.07, 6.45) is 0. The Morgan fingerprint density at radius 3 is 2.83 bits per heavy atom. The lowest BCUT2D eigenvalue weighted by molar-refractivity contribution is -0.139. The molecule has 0 saturated carbocycles. The first-order valence-electron chi connectivity index (χ1n) is 5.95. The lowest BCUT2D eigenvalue weighted by Gasteiger charge is -2.06. The van der Waals surface area contributed by atoms with Crippen LogP contribution >= 0.6 is 11.8 Å². The summed E-state index contributed by atoms with van der Waals surface area (Å²) in [5, 5.41) is 3.13. The Bertz CT molecular complexity index is 399. The molecule has 0 aliphatic rings. The number of esters is 1. The van der Waals surface area contributed by atoms with Gasteiger partial charge in [0.25, 0.3) is 0 Å². The lowest BCUT2D eigenvalue weighted by atomic mass is 10.2. The molecule has 0 unspecified atom stereocenters. The molecule has 0 radical (unpaired) electrons. The fraction of sp³-hybridized carbons (Fsp3) is 0.462. The summed E-state index contributed by atoms with van der Waals surface area (Å²) in [4.78, 5) is 11.6. The van der Waals surface area contributed by atoms with Crippen LogP contribution in [0.4, 0.5) is 4.39 Å². The van der Waals surface area contributed by atoms with Gasteiger partial charge in [0.05, 0.1) is 12.4 Å². The maximum atomic E-state index is 13.7. The highest BCUT2D eigenvalue weighted by atomic mass is 32.2. The molecule has 5 heteroatoms. The molecule has 0 fully saturated rings. The van der Waals surface area contributed by atoms with Gasteiger partial charge in [-0.15, -0.1) is 11.8 Å². The molecule has 0 aliphatic heterocycles. The molecule has 1 aromatic carbocycles. The zero-order valence-corrected chi connectivity index (χ0v) is 11.5. The third-order valence-electron chi connectivity index (χ3n) is 2.23. The third kappa shape index (κ3) is 5.06. The van der Waals surface area contributed by atoms with Crippen LogP contribution in [0, 0.1) is 5.82 Å². The van der Waals surface area contributed by atoms with E-state index in [4.69, 9.17) is 4.74 Å². The van der Waals surface area contributed by atoms with E-state index in [1.165, 1.54) is 6.07 Å². The zero-order valence-electron chi connectivity index (χ0n) is 10.7. The first-order valence-corrected chi connectivity index (χ1v) is 6.93. The molecule has 0 saturated heterocycles. The summed E-state index contributed by atoms with van der Waals surface area (Å²) in [6.45, 7) is 5.60. The number of benzene rings is 1. The Balaban J connectivity index is 2.54. The van der Waals surface area contributed by atoms with Crippen molar-refractivity contribution in [2.24, 2.45) is 0 Å². The molecule has 1 aromatic rings. The van der Waals surface area contributed by atoms with Gasteiger partial charge in [-0.3, -0.25) is 4.79 Å². The van der Waals surface area contributed by atoms with Crippen molar-refractivity contribution in [2.45, 2.75) is 25.3 Å². The van der Waals surface area contributed by atoms with Crippen LogP contribution < -0.4 is 5.32 Å². The van der Waals surface area contributed by atoms with Crippen molar-refractivity contribution in [2.75, 3.05) is 18.9 Å². The third-order valence-corrected chi connectivity index (χ3v) is 3.25. The fourth-order valence-electron chi connectivity index (χ4n) is 1.38. The number of rotatable bonds is 7. The quantitative estimate of drug-likeness (QED) is 0.611. The Morgan fingerprint density at radius 2 is 2.22 bits per heavy atom. The van der Waals surface area contributed by atoms with Crippen molar-refractivity contribution < 1.29 is 13.9 Å². The van der Waals surface area contributed by atoms with Crippen LogP contribution in [0.15, 0.2) is 23.1 Å². The molecule has 1 N–H and O–H groups in total. The molecule has 0 atom stereocenters. The van der Waals surface area contributed by atoms with Crippen molar-refractivity contribution in [1.82, 2.24) is 5.32 Å². The highest BCUT2D eigenvalue weighted by molar-refractivity contribution is 8.00. The Morgan fingerprint density at radius 1 is 1.44 bits per heavy atom. The largest absolute Gasteiger partial charge is 0.465 e. The second-order valence-electron chi connectivity index (χ2n) is 3.64. The van der Waals surface area contributed by atoms with Crippen LogP contribution in [0.5, 0.6) is 0 Å². The molecule has 0 heterocycles. The van der Waals surface area contributed by atoms with E-state index in [2.05, 4.69) is 5.32 Å². The van der Waals surface area contributed by atoms with Gasteiger partial charge in [0, 0.05) is 11.4 Å². The van der Waals surface area contributed by atoms with E-state index in [0.717, 1.165) is 23.9 Å². The summed E-state index contributed by atoms with van der Waals surface area (Å²) in [5.41, 5.74) is 0.898. The number of carbonyl (C=O) groups excluding carboxylic acids is 1. The van der Waals surface area contributed by atoms with Crippen LogP contribution in [0.1, 0.15) is 19.4 Å². The van der Waals surface area contributed by atoms with Crippen LogP contribution in [-0.2, 0) is 16.1 Å². The standard InChI is InChI=1S/C13H18FNO2S/c1-3-15-8-10-5-6-12(11(14)7-10)18-9-13(16)17-4-2/h5-7,15H,3-4,8-9H2,1-2H3. The van der Waals surface area contributed by atoms with E-state index < -0.39 is 0 Å². The topological polar surface area (TPSA) is 38.3 Å². The van der Waals surface area contributed by atoms with Gasteiger partial charge in [-0.2, -0.15) is 0 Å². The smallest absolute Gasteiger partial charge is 0.316 e. The predicted octanol–water partition coefficient (Wildman–Crippen LogP) is 2.59. The normalized spacial score (nSPS) is 10.4. The first-order chi connectivity index (χ1) is 8.67. The molecule has 3 nitrogen and oxygen atoms in total. The van der Waals surface area contributed by atoms with Crippen molar-refractivity contribution in [3.8, 4) is 0 Å². The lowest BCUT2D eigenvalue weighted by Crippen LogP contribution is -2.11. The van der Waals surface area contributed by atoms with E-state index in [1.807, 2.05) is 13.0 Å². The second-order valence-corrected chi connectivity index (χ2v) is 4.66. The van der Waals surface area contributed by atoms with Gasteiger partial charge in [0.15, 0.2) is 0 Å². The summed E-state index contributed by atoms with van der Waals surface area (Å²) in [7, 11) is 0. The van der Waals surface area contributed by atoms with Crippen LogP contribution in [0.3, 0.4) is 0 Å². The average Bonchev–Trinajstić information content (AvgIpc) is 2.35. The monoisotopic (exact) mass is 271 g/mol. The summed E-state index contributed by atoms with van der Waals surface area (Å²) >= 11 is 1.16. The van der Waals surface area contributed by atoms with Crippen LogP contribution in [-0.4, -0.2) is 24.9 Å². The molecule has 0 aromatic heterocycles. The number of carbonyl (C=O) groups is 1. The maximum absolute atomic E-state index is 13.7. The fourth-order valence-corrected chi connectivity index (χ4v) is 2.10. The summed E-state index contributed by atoms with van der Waals surface area (Å²) < 4.78 is 18.5. The minimum Gasteiger partial charge on any atom is -0.465 e. The zero-order chi connectivity index (χ0) is 13.4. The predicted molar refractivity (Wildman–Crippen MR) is 71.1 cm³/mol. The minimum absolute atomic E-state index is 0.136. The number of ether oxygens (including phenoxy) is 1. The minimum atomic E-state index is -0.321. The first kappa shape index (κ1) is 15.0. The van der Waals surface area contributed by atoms with E-state index >= 15 is 0 Å². The van der Waals surface area contributed by atoms with Gasteiger partial charge in [-0.05, 0) is 31.2 Å². The molecule has 0 aliphatic carbocycles. The highest BCUT2D eigenvalue weighted by Gasteiger charge is 2.08. The Kier molecular flexibility index (Phi) is 6.75. The van der Waals surface area contributed by atoms with E-state index in [9.17, 15) is 9.18 Å². The van der Waals surface area contributed by atoms with Crippen molar-refractivity contribution in [3.63, 3.8) is 0 Å². The van der Waals surface area contributed by atoms with Gasteiger partial charge in [-0.1, -0.05) is 13.0 Å². The molecule has 1 rings (SSSR count). The number of hydrogen-bond donors (Lipinski definition) is 1. The van der Waals surface area contributed by atoms with Gasteiger partial charge in [0.1, 0.15) is 5.82 Å². The Hall–Kier alpha value is -1.07.